The van der Waals surface area contributed by atoms with Crippen molar-refractivity contribution in [3.63, 3.8) is 0 Å². The third-order valence-corrected chi connectivity index (χ3v) is 6.60. The molecule has 272 valence electrons. The van der Waals surface area contributed by atoms with Crippen molar-refractivity contribution in [2.45, 2.75) is 117 Å². The average molecular weight is 703 g/mol. The molecule has 0 unspecified atom stereocenters. The van der Waals surface area contributed by atoms with E-state index < -0.39 is 122 Å². The Kier molecular flexibility index (Phi) is 14.7. The maximum Gasteiger partial charge on any atom is 0.303 e. The Labute approximate surface area is 280 Å². The first kappa shape index (κ1) is 40.1. The standard InChI is InChI=1S/C29H38N2O18/c1-12(32)40-9-20-22(42-14(3)34)24(44-16(5)36)26(46-18(7)38)28(48-20)31(11-30)29-27(47-19(8)39)25(45-17(6)37)23(43-15(4)35)21(49-29)10-41-13(2)33/h20-29H,9-10H2,1-8H3/t20-,21-,22-,23-,24+,25+,26-,27-,28-,29-/m1/s1. The second-order valence-electron chi connectivity index (χ2n) is 10.7. The molecule has 2 aliphatic rings. The molecular formula is C29H38N2O18. The Morgan fingerprint density at radius 1 is 0.469 bits per heavy atom. The van der Waals surface area contributed by atoms with Crippen molar-refractivity contribution >= 4 is 47.8 Å². The summed E-state index contributed by atoms with van der Waals surface area (Å²) >= 11 is 0. The second kappa shape index (κ2) is 17.9. The van der Waals surface area contributed by atoms with Gasteiger partial charge in [-0.3, -0.25) is 38.4 Å². The quantitative estimate of drug-likeness (QED) is 0.102. The van der Waals surface area contributed by atoms with Crippen molar-refractivity contribution < 1.29 is 85.7 Å². The molecule has 0 radical (unpaired) electrons. The third-order valence-electron chi connectivity index (χ3n) is 6.60. The van der Waals surface area contributed by atoms with Crippen LogP contribution in [-0.2, 0) is 85.7 Å². The minimum atomic E-state index is -1.88. The molecule has 0 bridgehead atoms. The molecule has 0 saturated carbocycles. The summed E-state index contributed by atoms with van der Waals surface area (Å²) in [5, 5.41) is 10.6. The van der Waals surface area contributed by atoms with Crippen LogP contribution in [0.25, 0.3) is 0 Å². The number of carbonyl (C=O) groups excluding carboxylic acids is 8. The van der Waals surface area contributed by atoms with Crippen molar-refractivity contribution in [2.24, 2.45) is 0 Å². The monoisotopic (exact) mass is 702 g/mol. The molecule has 2 fully saturated rings. The number of nitrogens with zero attached hydrogens (tertiary/aromatic N) is 2. The molecule has 2 heterocycles. The molecule has 0 aromatic carbocycles. The molecule has 0 N–H and O–H groups in total. The van der Waals surface area contributed by atoms with Gasteiger partial charge in [-0.15, -0.1) is 0 Å². The van der Waals surface area contributed by atoms with Crippen molar-refractivity contribution in [2.75, 3.05) is 13.2 Å². The molecule has 0 aromatic heterocycles. The predicted molar refractivity (Wildman–Crippen MR) is 151 cm³/mol. The van der Waals surface area contributed by atoms with Crippen molar-refractivity contribution in [1.29, 1.82) is 5.26 Å². The van der Waals surface area contributed by atoms with Crippen LogP contribution in [0, 0.1) is 11.5 Å². The van der Waals surface area contributed by atoms with E-state index in [4.69, 9.17) is 47.4 Å². The van der Waals surface area contributed by atoms with Crippen LogP contribution < -0.4 is 0 Å². The predicted octanol–water partition coefficient (Wildman–Crippen LogP) is -1.06. The summed E-state index contributed by atoms with van der Waals surface area (Å²) in [5.41, 5.74) is 0. The van der Waals surface area contributed by atoms with E-state index in [0.29, 0.717) is 4.90 Å². The molecule has 2 rings (SSSR count). The van der Waals surface area contributed by atoms with E-state index in [1.54, 1.807) is 6.19 Å². The summed E-state index contributed by atoms with van der Waals surface area (Å²) in [6.45, 7) is 6.78. The molecule has 0 aliphatic carbocycles. The van der Waals surface area contributed by atoms with Gasteiger partial charge >= 0.3 is 47.8 Å². The number of esters is 8. The van der Waals surface area contributed by atoms with Crippen LogP contribution in [0.3, 0.4) is 0 Å². The van der Waals surface area contributed by atoms with Gasteiger partial charge in [0, 0.05) is 55.4 Å². The largest absolute Gasteiger partial charge is 0.463 e. The Bertz CT molecular complexity index is 1240. The minimum Gasteiger partial charge on any atom is -0.463 e. The minimum absolute atomic E-state index is 0.643. The fraction of sp³-hybridized carbons (Fsp3) is 0.690. The summed E-state index contributed by atoms with van der Waals surface area (Å²) < 4.78 is 54.7. The van der Waals surface area contributed by atoms with Crippen LogP contribution in [0.5, 0.6) is 0 Å². The van der Waals surface area contributed by atoms with Gasteiger partial charge in [0.2, 0.25) is 0 Å². The lowest BCUT2D eigenvalue weighted by Crippen LogP contribution is -2.71. The fourth-order valence-electron chi connectivity index (χ4n) is 5.12. The number of carbonyl (C=O) groups is 8. The number of hydrogen-bond donors (Lipinski definition) is 0. The van der Waals surface area contributed by atoms with E-state index in [2.05, 4.69) is 0 Å². The zero-order chi connectivity index (χ0) is 37.2. The lowest BCUT2D eigenvalue weighted by molar-refractivity contribution is -0.317. The first-order valence-electron chi connectivity index (χ1n) is 14.6. The number of hydrogen-bond acceptors (Lipinski definition) is 20. The molecule has 2 aliphatic heterocycles. The highest BCUT2D eigenvalue weighted by Gasteiger charge is 2.60. The maximum absolute atomic E-state index is 12.4. The highest BCUT2D eigenvalue weighted by atomic mass is 16.7. The molecule has 2 saturated heterocycles. The normalized spacial score (nSPS) is 29.0. The highest BCUT2D eigenvalue weighted by molar-refractivity contribution is 5.70. The maximum atomic E-state index is 12.4. The molecule has 0 aromatic rings. The number of nitriles is 1. The van der Waals surface area contributed by atoms with Crippen LogP contribution in [-0.4, -0.2) is 127 Å². The topological polar surface area (TPSA) is 256 Å². The van der Waals surface area contributed by atoms with Gasteiger partial charge in [0.15, 0.2) is 55.3 Å². The van der Waals surface area contributed by atoms with Crippen LogP contribution in [0.15, 0.2) is 0 Å². The summed E-state index contributed by atoms with van der Waals surface area (Å²) in [7, 11) is 0. The van der Waals surface area contributed by atoms with E-state index in [9.17, 15) is 43.6 Å². The summed E-state index contributed by atoms with van der Waals surface area (Å²) in [5.74, 6) is -7.31. The second-order valence-corrected chi connectivity index (χ2v) is 10.7. The molecule has 20 heteroatoms. The lowest BCUT2D eigenvalue weighted by atomic mass is 9.94. The van der Waals surface area contributed by atoms with Gasteiger partial charge < -0.3 is 47.4 Å². The van der Waals surface area contributed by atoms with Crippen LogP contribution in [0.4, 0.5) is 0 Å². The summed E-state index contributed by atoms with van der Waals surface area (Å²) in [4.78, 5) is 97.7. The Balaban J connectivity index is 2.84. The Hall–Kier alpha value is -5.03. The molecule has 10 atom stereocenters. The van der Waals surface area contributed by atoms with E-state index >= 15 is 0 Å². The first-order valence-corrected chi connectivity index (χ1v) is 14.6. The van der Waals surface area contributed by atoms with Crippen LogP contribution in [0.1, 0.15) is 55.4 Å². The van der Waals surface area contributed by atoms with Gasteiger partial charge in [0.1, 0.15) is 25.4 Å². The zero-order valence-electron chi connectivity index (χ0n) is 27.9. The lowest BCUT2D eigenvalue weighted by Gasteiger charge is -2.51. The van der Waals surface area contributed by atoms with Gasteiger partial charge in [0.25, 0.3) is 0 Å². The molecular weight excluding hydrogens is 664 g/mol. The molecule has 20 nitrogen and oxygen atoms in total. The van der Waals surface area contributed by atoms with E-state index in [0.717, 1.165) is 55.4 Å². The van der Waals surface area contributed by atoms with Crippen molar-refractivity contribution in [3.05, 3.63) is 0 Å². The van der Waals surface area contributed by atoms with E-state index in [1.165, 1.54) is 0 Å². The highest BCUT2D eigenvalue weighted by Crippen LogP contribution is 2.36. The Morgan fingerprint density at radius 2 is 0.735 bits per heavy atom. The summed E-state index contributed by atoms with van der Waals surface area (Å²) in [6, 6.07) is 0. The number of ether oxygens (including phenoxy) is 10. The van der Waals surface area contributed by atoms with Crippen LogP contribution >= 0.6 is 0 Å². The van der Waals surface area contributed by atoms with E-state index in [-0.39, 0.29) is 0 Å². The van der Waals surface area contributed by atoms with Crippen molar-refractivity contribution in [1.82, 2.24) is 4.90 Å². The van der Waals surface area contributed by atoms with Gasteiger partial charge in [-0.05, 0) is 0 Å². The van der Waals surface area contributed by atoms with Gasteiger partial charge in [0.05, 0.1) is 0 Å². The smallest absolute Gasteiger partial charge is 0.303 e. The SMILES string of the molecule is CC(=O)OC[C@H]1O[C@@H](N(C#N)[C@@H]2O[C@H](COC(C)=O)[C@@H](OC(C)=O)[C@H](OC(C)=O)[C@H]2OC(C)=O)[C@H](OC(C)=O)[C@@H](OC(C)=O)[C@@H]1OC(C)=O. The zero-order valence-corrected chi connectivity index (χ0v) is 27.9. The van der Waals surface area contributed by atoms with Gasteiger partial charge in [-0.1, -0.05) is 0 Å². The molecule has 0 amide bonds. The molecule has 0 spiro atoms. The third kappa shape index (κ3) is 11.6. The average Bonchev–Trinajstić information content (AvgIpc) is 2.95. The number of rotatable bonds is 12. The van der Waals surface area contributed by atoms with Gasteiger partial charge in [-0.25, -0.2) is 4.90 Å². The van der Waals surface area contributed by atoms with E-state index in [1.807, 2.05) is 0 Å². The first-order chi connectivity index (χ1) is 22.9. The Morgan fingerprint density at radius 3 is 0.980 bits per heavy atom. The van der Waals surface area contributed by atoms with Crippen LogP contribution in [0.2, 0.25) is 0 Å². The van der Waals surface area contributed by atoms with Gasteiger partial charge in [-0.2, -0.15) is 5.26 Å². The fourth-order valence-corrected chi connectivity index (χ4v) is 5.12. The summed E-state index contributed by atoms with van der Waals surface area (Å²) in [6.07, 6.45) is -15.2. The molecule has 49 heavy (non-hydrogen) atoms. The van der Waals surface area contributed by atoms with Crippen molar-refractivity contribution in [3.8, 4) is 6.19 Å².